The van der Waals surface area contributed by atoms with Crippen molar-refractivity contribution in [2.24, 2.45) is 5.73 Å². The van der Waals surface area contributed by atoms with Crippen LogP contribution in [0.4, 0.5) is 4.39 Å². The van der Waals surface area contributed by atoms with Gasteiger partial charge in [-0.05, 0) is 18.1 Å². The molecule has 0 fully saturated rings. The Kier molecular flexibility index (Phi) is 3.24. The van der Waals surface area contributed by atoms with Crippen LogP contribution in [0.15, 0.2) is 24.3 Å². The van der Waals surface area contributed by atoms with E-state index in [1.54, 1.807) is 18.2 Å². The van der Waals surface area contributed by atoms with Crippen LogP contribution in [0.5, 0.6) is 0 Å². The maximum Gasteiger partial charge on any atom is 0.132 e. The van der Waals surface area contributed by atoms with Gasteiger partial charge in [0.2, 0.25) is 0 Å². The minimum Gasteiger partial charge on any atom is -0.344 e. The number of hydrogen-bond donors (Lipinski definition) is 2. The highest BCUT2D eigenvalue weighted by atomic mass is 19.1. The third kappa shape index (κ3) is 2.22. The Labute approximate surface area is 99.9 Å². The molecule has 0 atom stereocenters. The highest BCUT2D eigenvalue weighted by molar-refractivity contribution is 5.63. The number of halogens is 1. The second kappa shape index (κ2) is 4.67. The molecule has 0 saturated heterocycles. The Balaban J connectivity index is 2.58. The number of imidazole rings is 1. The van der Waals surface area contributed by atoms with E-state index in [0.717, 1.165) is 5.69 Å². The molecule has 0 saturated carbocycles. The molecule has 0 aliphatic rings. The van der Waals surface area contributed by atoms with E-state index in [0.29, 0.717) is 23.6 Å². The van der Waals surface area contributed by atoms with Gasteiger partial charge >= 0.3 is 0 Å². The van der Waals surface area contributed by atoms with Gasteiger partial charge in [0, 0.05) is 11.3 Å². The fraction of sp³-hybridized carbons (Fsp3) is 0.308. The SMILES string of the molecule is CC(C)c1[nH]c(CN)nc1-c1ccccc1F. The topological polar surface area (TPSA) is 54.7 Å². The fourth-order valence-electron chi connectivity index (χ4n) is 1.81. The number of nitrogens with two attached hydrogens (primary N) is 1. The van der Waals surface area contributed by atoms with E-state index in [1.807, 2.05) is 13.8 Å². The van der Waals surface area contributed by atoms with Crippen molar-refractivity contribution in [3.8, 4) is 11.3 Å². The number of rotatable bonds is 3. The Bertz CT molecular complexity index is 517. The molecule has 1 aromatic heterocycles. The van der Waals surface area contributed by atoms with Gasteiger partial charge in [0.05, 0.1) is 12.2 Å². The lowest BCUT2D eigenvalue weighted by molar-refractivity contribution is 0.630. The highest BCUT2D eigenvalue weighted by Gasteiger charge is 2.16. The normalized spacial score (nSPS) is 11.1. The van der Waals surface area contributed by atoms with Gasteiger partial charge in [-0.15, -0.1) is 0 Å². The van der Waals surface area contributed by atoms with Gasteiger partial charge in [0.25, 0.3) is 0 Å². The zero-order valence-electron chi connectivity index (χ0n) is 10.00. The molecule has 0 aliphatic heterocycles. The predicted octanol–water partition coefficient (Wildman–Crippen LogP) is 2.80. The summed E-state index contributed by atoms with van der Waals surface area (Å²) in [6, 6.07) is 6.65. The van der Waals surface area contributed by atoms with Crippen molar-refractivity contribution in [3.63, 3.8) is 0 Å². The third-order valence-electron chi connectivity index (χ3n) is 2.68. The summed E-state index contributed by atoms with van der Waals surface area (Å²) in [5.74, 6) is 0.675. The molecule has 2 aromatic rings. The van der Waals surface area contributed by atoms with Gasteiger partial charge in [-0.1, -0.05) is 26.0 Å². The van der Waals surface area contributed by atoms with Gasteiger partial charge in [-0.25, -0.2) is 9.37 Å². The van der Waals surface area contributed by atoms with E-state index < -0.39 is 0 Å². The second-order valence-corrected chi connectivity index (χ2v) is 4.28. The molecule has 0 radical (unpaired) electrons. The summed E-state index contributed by atoms with van der Waals surface area (Å²) in [6.07, 6.45) is 0. The van der Waals surface area contributed by atoms with Gasteiger partial charge in [-0.3, -0.25) is 0 Å². The van der Waals surface area contributed by atoms with E-state index in [2.05, 4.69) is 9.97 Å². The number of benzene rings is 1. The van der Waals surface area contributed by atoms with E-state index in [9.17, 15) is 4.39 Å². The molecule has 0 unspecified atom stereocenters. The Hall–Kier alpha value is -1.68. The van der Waals surface area contributed by atoms with Crippen LogP contribution in [-0.4, -0.2) is 9.97 Å². The van der Waals surface area contributed by atoms with Crippen LogP contribution in [0, 0.1) is 5.82 Å². The number of H-pyrrole nitrogens is 1. The van der Waals surface area contributed by atoms with Crippen molar-refractivity contribution >= 4 is 0 Å². The zero-order chi connectivity index (χ0) is 12.4. The minimum absolute atomic E-state index is 0.248. The van der Waals surface area contributed by atoms with Crippen LogP contribution in [0.1, 0.15) is 31.3 Å². The van der Waals surface area contributed by atoms with E-state index >= 15 is 0 Å². The molecule has 2 rings (SSSR count). The summed E-state index contributed by atoms with van der Waals surface area (Å²) in [4.78, 5) is 7.51. The lowest BCUT2D eigenvalue weighted by Gasteiger charge is -2.06. The summed E-state index contributed by atoms with van der Waals surface area (Å²) in [6.45, 7) is 4.41. The molecule has 3 nitrogen and oxygen atoms in total. The number of nitrogens with zero attached hydrogens (tertiary/aromatic N) is 1. The number of nitrogens with one attached hydrogen (secondary N) is 1. The fourth-order valence-corrected chi connectivity index (χ4v) is 1.81. The molecular formula is C13H16FN3. The van der Waals surface area contributed by atoms with Crippen LogP contribution in [-0.2, 0) is 6.54 Å². The second-order valence-electron chi connectivity index (χ2n) is 4.28. The van der Waals surface area contributed by atoms with Crippen LogP contribution >= 0.6 is 0 Å². The largest absolute Gasteiger partial charge is 0.344 e. The van der Waals surface area contributed by atoms with E-state index in [-0.39, 0.29) is 11.7 Å². The summed E-state index contributed by atoms with van der Waals surface area (Å²) in [5.41, 5.74) is 7.67. The average Bonchev–Trinajstić information content (AvgIpc) is 2.73. The monoisotopic (exact) mass is 233 g/mol. The van der Waals surface area contributed by atoms with Crippen molar-refractivity contribution in [2.75, 3.05) is 0 Å². The summed E-state index contributed by atoms with van der Waals surface area (Å²) in [5, 5.41) is 0. The summed E-state index contributed by atoms with van der Waals surface area (Å²) >= 11 is 0. The third-order valence-corrected chi connectivity index (χ3v) is 2.68. The molecule has 0 amide bonds. The maximum atomic E-state index is 13.7. The smallest absolute Gasteiger partial charge is 0.132 e. The molecule has 4 heteroatoms. The number of hydrogen-bond acceptors (Lipinski definition) is 2. The Morgan fingerprint density at radius 3 is 2.65 bits per heavy atom. The molecule has 1 heterocycles. The summed E-state index contributed by atoms with van der Waals surface area (Å²) < 4.78 is 13.7. The standard InChI is InChI=1S/C13H16FN3/c1-8(2)12-13(17-11(7-15)16-12)9-5-3-4-6-10(9)14/h3-6,8H,7,15H2,1-2H3,(H,16,17). The van der Waals surface area contributed by atoms with Gasteiger partial charge in [0.1, 0.15) is 11.6 Å². The maximum absolute atomic E-state index is 13.7. The average molecular weight is 233 g/mol. The Morgan fingerprint density at radius 1 is 1.35 bits per heavy atom. The van der Waals surface area contributed by atoms with Crippen molar-refractivity contribution < 1.29 is 4.39 Å². The first-order chi connectivity index (χ1) is 8.13. The Morgan fingerprint density at radius 2 is 2.06 bits per heavy atom. The summed E-state index contributed by atoms with van der Waals surface area (Å²) in [7, 11) is 0. The number of aromatic nitrogens is 2. The quantitative estimate of drug-likeness (QED) is 0.856. The molecule has 3 N–H and O–H groups in total. The van der Waals surface area contributed by atoms with Crippen LogP contribution in [0.3, 0.4) is 0 Å². The van der Waals surface area contributed by atoms with Crippen molar-refractivity contribution in [3.05, 3.63) is 41.6 Å². The molecular weight excluding hydrogens is 217 g/mol. The molecule has 0 aliphatic carbocycles. The van der Waals surface area contributed by atoms with Gasteiger partial charge < -0.3 is 10.7 Å². The van der Waals surface area contributed by atoms with E-state index in [1.165, 1.54) is 6.07 Å². The molecule has 0 spiro atoms. The van der Waals surface area contributed by atoms with E-state index in [4.69, 9.17) is 5.73 Å². The lowest BCUT2D eigenvalue weighted by Crippen LogP contribution is -1.98. The number of aromatic amines is 1. The first-order valence-corrected chi connectivity index (χ1v) is 5.67. The predicted molar refractivity (Wildman–Crippen MR) is 66.0 cm³/mol. The molecule has 90 valence electrons. The molecule has 1 aromatic carbocycles. The highest BCUT2D eigenvalue weighted by Crippen LogP contribution is 2.28. The molecule has 17 heavy (non-hydrogen) atoms. The van der Waals surface area contributed by atoms with Crippen LogP contribution in [0.25, 0.3) is 11.3 Å². The molecule has 0 bridgehead atoms. The first kappa shape index (κ1) is 11.8. The van der Waals surface area contributed by atoms with Crippen LogP contribution in [0.2, 0.25) is 0 Å². The zero-order valence-corrected chi connectivity index (χ0v) is 10.00. The van der Waals surface area contributed by atoms with Gasteiger partial charge in [0.15, 0.2) is 0 Å². The van der Waals surface area contributed by atoms with Crippen molar-refractivity contribution in [1.29, 1.82) is 0 Å². The van der Waals surface area contributed by atoms with Crippen molar-refractivity contribution in [1.82, 2.24) is 9.97 Å². The van der Waals surface area contributed by atoms with Gasteiger partial charge in [-0.2, -0.15) is 0 Å². The lowest BCUT2D eigenvalue weighted by atomic mass is 10.0. The van der Waals surface area contributed by atoms with Crippen molar-refractivity contribution in [2.45, 2.75) is 26.3 Å². The van der Waals surface area contributed by atoms with Crippen LogP contribution < -0.4 is 5.73 Å². The first-order valence-electron chi connectivity index (χ1n) is 5.67. The minimum atomic E-state index is -0.260.